The quantitative estimate of drug-likeness (QED) is 0.722. The number of carbonyl (C=O) groups is 3. The smallest absolute Gasteiger partial charge is 0.309 e. The zero-order chi connectivity index (χ0) is 21.0. The molecule has 2 aromatic carbocycles. The number of nitrogens with one attached hydrogen (secondary N) is 1. The van der Waals surface area contributed by atoms with Gasteiger partial charge in [-0.05, 0) is 48.7 Å². The van der Waals surface area contributed by atoms with Crippen molar-refractivity contribution in [2.75, 3.05) is 19.0 Å². The van der Waals surface area contributed by atoms with Crippen LogP contribution in [0.4, 0.5) is 5.69 Å². The maximum Gasteiger partial charge on any atom is 0.309 e. The van der Waals surface area contributed by atoms with Crippen molar-refractivity contribution in [3.8, 4) is 0 Å². The molecule has 29 heavy (non-hydrogen) atoms. The first kappa shape index (κ1) is 21.1. The molecule has 3 rings (SSSR count). The van der Waals surface area contributed by atoms with Crippen molar-refractivity contribution in [2.24, 2.45) is 0 Å². The minimum atomic E-state index is -0.590. The minimum absolute atomic E-state index is 0.163. The van der Waals surface area contributed by atoms with E-state index in [0.29, 0.717) is 28.7 Å². The van der Waals surface area contributed by atoms with Crippen LogP contribution < -0.4 is 5.32 Å². The Labute approximate surface area is 178 Å². The lowest BCUT2D eigenvalue weighted by Gasteiger charge is -2.24. The number of rotatable bonds is 5. The molecule has 6 nitrogen and oxygen atoms in total. The largest absolute Gasteiger partial charge is 0.469 e. The predicted octanol–water partition coefficient (Wildman–Crippen LogP) is 3.95. The number of hydrogen-bond donors (Lipinski definition) is 1. The van der Waals surface area contributed by atoms with Crippen LogP contribution in [0.3, 0.4) is 0 Å². The summed E-state index contributed by atoms with van der Waals surface area (Å²) in [6.07, 6.45) is 1.45. The van der Waals surface area contributed by atoms with Crippen LogP contribution >= 0.6 is 23.2 Å². The van der Waals surface area contributed by atoms with Crippen LogP contribution in [0.5, 0.6) is 0 Å². The molecule has 2 aromatic rings. The second kappa shape index (κ2) is 9.29. The number of methoxy groups -OCH3 is 1. The number of hydrogen-bond acceptors (Lipinski definition) is 4. The summed E-state index contributed by atoms with van der Waals surface area (Å²) in [4.78, 5) is 38.6. The molecule has 1 N–H and O–H groups in total. The van der Waals surface area contributed by atoms with Crippen molar-refractivity contribution in [1.29, 1.82) is 0 Å². The third kappa shape index (κ3) is 5.08. The lowest BCUT2D eigenvalue weighted by Crippen LogP contribution is -2.43. The van der Waals surface area contributed by atoms with E-state index in [0.717, 1.165) is 12.0 Å². The Morgan fingerprint density at radius 3 is 2.55 bits per heavy atom. The first-order valence-corrected chi connectivity index (χ1v) is 9.87. The van der Waals surface area contributed by atoms with Gasteiger partial charge in [-0.25, -0.2) is 0 Å². The molecule has 1 heterocycles. The Kier molecular flexibility index (Phi) is 6.77. The summed E-state index contributed by atoms with van der Waals surface area (Å²) < 4.78 is 4.64. The van der Waals surface area contributed by atoms with E-state index in [1.54, 1.807) is 36.4 Å². The van der Waals surface area contributed by atoms with Crippen molar-refractivity contribution in [2.45, 2.75) is 25.3 Å². The van der Waals surface area contributed by atoms with Crippen molar-refractivity contribution < 1.29 is 19.1 Å². The van der Waals surface area contributed by atoms with Crippen LogP contribution in [-0.4, -0.2) is 42.4 Å². The fourth-order valence-electron chi connectivity index (χ4n) is 3.27. The summed E-state index contributed by atoms with van der Waals surface area (Å²) in [5.41, 5.74) is 1.65. The molecule has 1 saturated heterocycles. The number of benzene rings is 2. The number of amides is 2. The van der Waals surface area contributed by atoms with E-state index in [2.05, 4.69) is 10.1 Å². The molecule has 0 bridgehead atoms. The summed E-state index contributed by atoms with van der Waals surface area (Å²) >= 11 is 12.1. The highest BCUT2D eigenvalue weighted by atomic mass is 35.5. The van der Waals surface area contributed by atoms with E-state index in [1.165, 1.54) is 18.1 Å². The maximum absolute atomic E-state index is 12.9. The molecular weight excluding hydrogens is 415 g/mol. The molecule has 1 aliphatic rings. The molecule has 8 heteroatoms. The van der Waals surface area contributed by atoms with Gasteiger partial charge in [0.2, 0.25) is 5.91 Å². The summed E-state index contributed by atoms with van der Waals surface area (Å²) in [5, 5.41) is 3.54. The van der Waals surface area contributed by atoms with E-state index in [4.69, 9.17) is 23.2 Å². The lowest BCUT2D eigenvalue weighted by molar-refractivity contribution is -0.139. The molecule has 0 unspecified atom stereocenters. The van der Waals surface area contributed by atoms with Crippen molar-refractivity contribution in [3.05, 3.63) is 63.6 Å². The third-order valence-electron chi connectivity index (χ3n) is 4.77. The predicted molar refractivity (Wildman–Crippen MR) is 111 cm³/mol. The van der Waals surface area contributed by atoms with E-state index >= 15 is 0 Å². The molecule has 0 saturated carbocycles. The Bertz CT molecular complexity index is 931. The maximum atomic E-state index is 12.9. The summed E-state index contributed by atoms with van der Waals surface area (Å²) in [5.74, 6) is -0.917. The van der Waals surface area contributed by atoms with Gasteiger partial charge in [-0.2, -0.15) is 0 Å². The number of nitrogens with zero attached hydrogens (tertiary/aromatic N) is 1. The van der Waals surface area contributed by atoms with Crippen LogP contribution in [0, 0.1) is 0 Å². The first-order valence-electron chi connectivity index (χ1n) is 9.11. The van der Waals surface area contributed by atoms with E-state index < -0.39 is 6.04 Å². The SMILES string of the molecule is COC(=O)Cc1ccc(NC(=O)[C@@H]2CCCN2C(=O)c2cc(Cl)ccc2Cl)cc1. The fourth-order valence-corrected chi connectivity index (χ4v) is 3.64. The van der Waals surface area contributed by atoms with Crippen LogP contribution in [0.1, 0.15) is 28.8 Å². The molecule has 1 fully saturated rings. The summed E-state index contributed by atoms with van der Waals surface area (Å²) in [6.45, 7) is 0.470. The second-order valence-corrected chi connectivity index (χ2v) is 7.56. The Hall–Kier alpha value is -2.57. The highest BCUT2D eigenvalue weighted by molar-refractivity contribution is 6.35. The van der Waals surface area contributed by atoms with Crippen LogP contribution in [0.15, 0.2) is 42.5 Å². The molecule has 1 aliphatic heterocycles. The van der Waals surface area contributed by atoms with E-state index in [1.807, 2.05) is 0 Å². The van der Waals surface area contributed by atoms with Gasteiger partial charge in [-0.15, -0.1) is 0 Å². The highest BCUT2D eigenvalue weighted by Gasteiger charge is 2.35. The highest BCUT2D eigenvalue weighted by Crippen LogP contribution is 2.27. The van der Waals surface area contributed by atoms with E-state index in [9.17, 15) is 14.4 Å². The average Bonchev–Trinajstić information content (AvgIpc) is 3.20. The van der Waals surface area contributed by atoms with Gasteiger partial charge in [-0.3, -0.25) is 14.4 Å². The first-order chi connectivity index (χ1) is 13.9. The van der Waals surface area contributed by atoms with Gasteiger partial charge < -0.3 is 15.0 Å². The van der Waals surface area contributed by atoms with E-state index in [-0.39, 0.29) is 29.8 Å². The number of ether oxygens (including phenoxy) is 1. The van der Waals surface area contributed by atoms with Gasteiger partial charge >= 0.3 is 5.97 Å². The van der Waals surface area contributed by atoms with Crippen LogP contribution in [-0.2, 0) is 20.7 Å². The lowest BCUT2D eigenvalue weighted by atomic mass is 10.1. The number of halogens is 2. The molecule has 0 radical (unpaired) electrons. The zero-order valence-electron chi connectivity index (χ0n) is 15.8. The minimum Gasteiger partial charge on any atom is -0.469 e. The normalized spacial score (nSPS) is 15.8. The topological polar surface area (TPSA) is 75.7 Å². The number of esters is 1. The molecule has 152 valence electrons. The monoisotopic (exact) mass is 434 g/mol. The Morgan fingerprint density at radius 2 is 1.86 bits per heavy atom. The van der Waals surface area contributed by atoms with Gasteiger partial charge in [0.15, 0.2) is 0 Å². The third-order valence-corrected chi connectivity index (χ3v) is 5.34. The standard InChI is InChI=1S/C21H20Cl2N2O4/c1-29-19(26)11-13-4-7-15(8-5-13)24-20(27)18-3-2-10-25(18)21(28)16-12-14(22)6-9-17(16)23/h4-9,12,18H,2-3,10-11H2,1H3,(H,24,27)/t18-/m0/s1. The Morgan fingerprint density at radius 1 is 1.14 bits per heavy atom. The molecule has 2 amide bonds. The average molecular weight is 435 g/mol. The molecular formula is C21H20Cl2N2O4. The van der Waals surface area contributed by atoms with Crippen LogP contribution in [0.25, 0.3) is 0 Å². The Balaban J connectivity index is 1.69. The molecule has 1 atom stereocenters. The van der Waals surface area contributed by atoms with Gasteiger partial charge in [-0.1, -0.05) is 35.3 Å². The van der Waals surface area contributed by atoms with Gasteiger partial charge in [0.1, 0.15) is 6.04 Å². The number of anilines is 1. The van der Waals surface area contributed by atoms with Crippen molar-refractivity contribution in [3.63, 3.8) is 0 Å². The van der Waals surface area contributed by atoms with Gasteiger partial charge in [0.05, 0.1) is 24.1 Å². The molecule has 0 aliphatic carbocycles. The molecule has 0 spiro atoms. The molecule has 0 aromatic heterocycles. The van der Waals surface area contributed by atoms with Gasteiger partial charge in [0.25, 0.3) is 5.91 Å². The van der Waals surface area contributed by atoms with Crippen molar-refractivity contribution >= 4 is 46.7 Å². The van der Waals surface area contributed by atoms with Crippen molar-refractivity contribution in [1.82, 2.24) is 4.90 Å². The summed E-state index contributed by atoms with van der Waals surface area (Å²) in [6, 6.07) is 11.0. The van der Waals surface area contributed by atoms with Crippen LogP contribution in [0.2, 0.25) is 10.0 Å². The van der Waals surface area contributed by atoms with Gasteiger partial charge in [0, 0.05) is 17.3 Å². The summed E-state index contributed by atoms with van der Waals surface area (Å²) in [7, 11) is 1.34. The number of carbonyl (C=O) groups excluding carboxylic acids is 3. The number of likely N-dealkylation sites (tertiary alicyclic amines) is 1. The fraction of sp³-hybridized carbons (Fsp3) is 0.286. The second-order valence-electron chi connectivity index (χ2n) is 6.72. The zero-order valence-corrected chi connectivity index (χ0v) is 17.3.